The van der Waals surface area contributed by atoms with Crippen LogP contribution in [0.15, 0.2) is 18.2 Å². The first-order valence-corrected chi connectivity index (χ1v) is 9.00. The zero-order chi connectivity index (χ0) is 17.3. The van der Waals surface area contributed by atoms with Gasteiger partial charge in [0.1, 0.15) is 5.25 Å². The fraction of sp³-hybridized carbons (Fsp3) is 0.438. The maximum absolute atomic E-state index is 12.4. The molecule has 0 saturated carbocycles. The highest BCUT2D eigenvalue weighted by Gasteiger charge is 2.35. The summed E-state index contributed by atoms with van der Waals surface area (Å²) in [6, 6.07) is 5.80. The van der Waals surface area contributed by atoms with Gasteiger partial charge in [0, 0.05) is 43.3 Å². The van der Waals surface area contributed by atoms with Crippen LogP contribution in [0.3, 0.4) is 0 Å². The summed E-state index contributed by atoms with van der Waals surface area (Å²) in [7, 11) is 0. The van der Waals surface area contributed by atoms with Gasteiger partial charge in [-0.2, -0.15) is 0 Å². The third-order valence-electron chi connectivity index (χ3n) is 4.27. The predicted octanol–water partition coefficient (Wildman–Crippen LogP) is 2.04. The Balaban J connectivity index is 1.57. The van der Waals surface area contributed by atoms with Crippen LogP contribution >= 0.6 is 23.4 Å². The molecular formula is C16H18ClN3O3S. The summed E-state index contributed by atoms with van der Waals surface area (Å²) in [6.45, 7) is 4.66. The molecule has 128 valence electrons. The third-order valence-corrected chi connectivity index (χ3v) is 5.49. The lowest BCUT2D eigenvalue weighted by molar-refractivity contribution is -0.133. The van der Waals surface area contributed by atoms with Crippen LogP contribution in [0.25, 0.3) is 0 Å². The minimum Gasteiger partial charge on any atom is -0.368 e. The second-order valence-corrected chi connectivity index (χ2v) is 7.50. The summed E-state index contributed by atoms with van der Waals surface area (Å²) in [4.78, 5) is 39.1. The number of amides is 3. The molecule has 3 rings (SSSR count). The standard InChI is InChI=1S/C16H18ClN3O3S/c1-10-2-3-11(17)8-12(10)19-4-6-20(7-5-19)14(21)9-13-15(22)18-16(23)24-13/h2-3,8,13H,4-7,9H2,1H3,(H,18,22,23)/t13-/m1/s1. The van der Waals surface area contributed by atoms with Gasteiger partial charge in [0.2, 0.25) is 11.8 Å². The van der Waals surface area contributed by atoms with Crippen molar-refractivity contribution in [3.8, 4) is 0 Å². The highest BCUT2D eigenvalue weighted by Crippen LogP contribution is 2.26. The second-order valence-electron chi connectivity index (χ2n) is 5.89. The van der Waals surface area contributed by atoms with Crippen molar-refractivity contribution in [2.75, 3.05) is 31.1 Å². The summed E-state index contributed by atoms with van der Waals surface area (Å²) < 4.78 is 0. The number of thioether (sulfide) groups is 1. The quantitative estimate of drug-likeness (QED) is 0.885. The average Bonchev–Trinajstić information content (AvgIpc) is 2.87. The number of hydrogen-bond acceptors (Lipinski definition) is 5. The molecule has 8 heteroatoms. The molecule has 1 aromatic rings. The number of carbonyl (C=O) groups is 3. The first kappa shape index (κ1) is 17.1. The van der Waals surface area contributed by atoms with Crippen LogP contribution in [0.1, 0.15) is 12.0 Å². The topological polar surface area (TPSA) is 69.7 Å². The van der Waals surface area contributed by atoms with Crippen LogP contribution < -0.4 is 10.2 Å². The Morgan fingerprint density at radius 1 is 1.29 bits per heavy atom. The molecule has 6 nitrogen and oxygen atoms in total. The van der Waals surface area contributed by atoms with E-state index in [1.165, 1.54) is 0 Å². The van der Waals surface area contributed by atoms with Crippen molar-refractivity contribution in [2.24, 2.45) is 0 Å². The van der Waals surface area contributed by atoms with Gasteiger partial charge in [0.25, 0.3) is 5.24 Å². The Bertz CT molecular complexity index is 689. The van der Waals surface area contributed by atoms with E-state index in [0.717, 1.165) is 36.1 Å². The van der Waals surface area contributed by atoms with Gasteiger partial charge in [0.05, 0.1) is 0 Å². The van der Waals surface area contributed by atoms with Gasteiger partial charge in [-0.05, 0) is 24.6 Å². The number of hydrogen-bond donors (Lipinski definition) is 1. The molecule has 2 heterocycles. The van der Waals surface area contributed by atoms with E-state index >= 15 is 0 Å². The van der Waals surface area contributed by atoms with E-state index in [0.29, 0.717) is 18.1 Å². The molecule has 24 heavy (non-hydrogen) atoms. The van der Waals surface area contributed by atoms with E-state index in [9.17, 15) is 14.4 Å². The van der Waals surface area contributed by atoms with E-state index in [1.54, 1.807) is 4.90 Å². The minimum absolute atomic E-state index is 0.0679. The molecule has 2 fully saturated rings. The molecule has 2 aliphatic heterocycles. The van der Waals surface area contributed by atoms with Gasteiger partial charge in [-0.3, -0.25) is 19.7 Å². The van der Waals surface area contributed by atoms with Crippen LogP contribution in [0.4, 0.5) is 10.5 Å². The summed E-state index contributed by atoms with van der Waals surface area (Å²) in [5.74, 6) is -0.452. The number of benzene rings is 1. The average molecular weight is 368 g/mol. The molecule has 1 N–H and O–H groups in total. The first-order valence-electron chi connectivity index (χ1n) is 7.74. The highest BCUT2D eigenvalue weighted by atomic mass is 35.5. The van der Waals surface area contributed by atoms with Gasteiger partial charge >= 0.3 is 0 Å². The van der Waals surface area contributed by atoms with Gasteiger partial charge in [-0.15, -0.1) is 0 Å². The number of halogens is 1. The molecule has 0 aliphatic carbocycles. The third kappa shape index (κ3) is 3.67. The minimum atomic E-state index is -0.599. The number of anilines is 1. The Kier molecular flexibility index (Phi) is 5.01. The van der Waals surface area contributed by atoms with Crippen LogP contribution in [-0.4, -0.2) is 53.4 Å². The number of nitrogens with one attached hydrogen (secondary N) is 1. The van der Waals surface area contributed by atoms with E-state index in [2.05, 4.69) is 10.2 Å². The normalized spacial score (nSPS) is 21.2. The number of imide groups is 1. The Hall–Kier alpha value is -1.73. The molecule has 2 aliphatic rings. The van der Waals surface area contributed by atoms with E-state index in [1.807, 2.05) is 25.1 Å². The number of nitrogens with zero attached hydrogens (tertiary/aromatic N) is 2. The molecule has 0 aromatic heterocycles. The largest absolute Gasteiger partial charge is 0.368 e. The summed E-state index contributed by atoms with van der Waals surface area (Å²) in [6.07, 6.45) is 0.0679. The fourth-order valence-electron chi connectivity index (χ4n) is 2.94. The lowest BCUT2D eigenvalue weighted by Gasteiger charge is -2.37. The van der Waals surface area contributed by atoms with Crippen LogP contribution in [0.2, 0.25) is 5.02 Å². The van der Waals surface area contributed by atoms with Crippen molar-refractivity contribution < 1.29 is 14.4 Å². The fourth-order valence-corrected chi connectivity index (χ4v) is 3.91. The van der Waals surface area contributed by atoms with E-state index in [-0.39, 0.29) is 23.5 Å². The second kappa shape index (κ2) is 7.03. The van der Waals surface area contributed by atoms with Crippen LogP contribution in [0.5, 0.6) is 0 Å². The number of aryl methyl sites for hydroxylation is 1. The summed E-state index contributed by atoms with van der Waals surface area (Å²) in [5, 5.41) is 1.93. The molecule has 0 bridgehead atoms. The molecular weight excluding hydrogens is 350 g/mol. The van der Waals surface area contributed by atoms with Crippen LogP contribution in [-0.2, 0) is 9.59 Å². The predicted molar refractivity (Wildman–Crippen MR) is 94.5 cm³/mol. The van der Waals surface area contributed by atoms with E-state index < -0.39 is 5.25 Å². The van der Waals surface area contributed by atoms with Gasteiger partial charge < -0.3 is 9.80 Å². The monoisotopic (exact) mass is 367 g/mol. The number of piperazine rings is 1. The number of rotatable bonds is 3. The zero-order valence-electron chi connectivity index (χ0n) is 13.3. The van der Waals surface area contributed by atoms with Crippen molar-refractivity contribution in [1.29, 1.82) is 0 Å². The summed E-state index contributed by atoms with van der Waals surface area (Å²) >= 11 is 6.97. The molecule has 1 aromatic carbocycles. The SMILES string of the molecule is Cc1ccc(Cl)cc1N1CCN(C(=O)C[C@H]2SC(=O)NC2=O)CC1. The van der Waals surface area contributed by atoms with Crippen molar-refractivity contribution in [2.45, 2.75) is 18.6 Å². The van der Waals surface area contributed by atoms with Crippen molar-refractivity contribution in [3.05, 3.63) is 28.8 Å². The van der Waals surface area contributed by atoms with Crippen LogP contribution in [0, 0.1) is 6.92 Å². The highest BCUT2D eigenvalue weighted by molar-refractivity contribution is 8.15. The Morgan fingerprint density at radius 2 is 2.00 bits per heavy atom. The maximum Gasteiger partial charge on any atom is 0.286 e. The molecule has 1 atom stereocenters. The van der Waals surface area contributed by atoms with Crippen molar-refractivity contribution in [1.82, 2.24) is 10.2 Å². The first-order chi connectivity index (χ1) is 11.4. The maximum atomic E-state index is 12.4. The molecule has 0 unspecified atom stereocenters. The lowest BCUT2D eigenvalue weighted by atomic mass is 10.1. The molecule has 3 amide bonds. The molecule has 0 radical (unpaired) electrons. The van der Waals surface area contributed by atoms with Gasteiger partial charge in [-0.1, -0.05) is 29.4 Å². The smallest absolute Gasteiger partial charge is 0.286 e. The Morgan fingerprint density at radius 3 is 2.62 bits per heavy atom. The van der Waals surface area contributed by atoms with Crippen molar-refractivity contribution >= 4 is 46.1 Å². The Labute approximate surface area is 149 Å². The lowest BCUT2D eigenvalue weighted by Crippen LogP contribution is -2.49. The van der Waals surface area contributed by atoms with Gasteiger partial charge in [-0.25, -0.2) is 0 Å². The molecule has 2 saturated heterocycles. The molecule has 0 spiro atoms. The number of carbonyl (C=O) groups excluding carboxylic acids is 3. The van der Waals surface area contributed by atoms with Crippen molar-refractivity contribution in [3.63, 3.8) is 0 Å². The summed E-state index contributed by atoms with van der Waals surface area (Å²) in [5.41, 5.74) is 2.24. The van der Waals surface area contributed by atoms with Gasteiger partial charge in [0.15, 0.2) is 0 Å². The zero-order valence-corrected chi connectivity index (χ0v) is 14.8. The van der Waals surface area contributed by atoms with E-state index in [4.69, 9.17) is 11.6 Å².